The molecule has 0 N–H and O–H groups in total. The fourth-order valence-electron chi connectivity index (χ4n) is 6.54. The van der Waals surface area contributed by atoms with E-state index in [-0.39, 0.29) is 34.8 Å². The zero-order chi connectivity index (χ0) is 38.7. The van der Waals surface area contributed by atoms with Crippen molar-refractivity contribution in [2.75, 3.05) is 0 Å². The molecule has 59 heavy (non-hydrogen) atoms. The van der Waals surface area contributed by atoms with E-state index in [2.05, 4.69) is 273 Å². The molecular weight excluding hydrogens is 885 g/mol. The summed E-state index contributed by atoms with van der Waals surface area (Å²) < 4.78 is 0. The molecule has 0 aromatic heterocycles. The second-order valence-electron chi connectivity index (χ2n) is 13.0. The van der Waals surface area contributed by atoms with Crippen LogP contribution in [0.25, 0.3) is 0 Å². The zero-order valence-electron chi connectivity index (χ0n) is 32.5. The summed E-state index contributed by atoms with van der Waals surface area (Å²) in [6.07, 6.45) is 0. The Balaban J connectivity index is 0.000000165. The first-order valence-corrected chi connectivity index (χ1v) is 23.2. The summed E-state index contributed by atoms with van der Waals surface area (Å²) in [5, 5.41) is 12.6. The number of halogens is 1. The molecule has 0 spiro atoms. The van der Waals surface area contributed by atoms with Crippen LogP contribution in [-0.2, 0) is 22.4 Å². The predicted octanol–water partition coefficient (Wildman–Crippen LogP) is 7.34. The molecule has 0 bridgehead atoms. The molecule has 0 aliphatic heterocycles. The van der Waals surface area contributed by atoms with Gasteiger partial charge in [0.05, 0.1) is 0 Å². The molecule has 0 unspecified atom stereocenters. The first kappa shape index (κ1) is 45.4. The predicted molar refractivity (Wildman–Crippen MR) is 255 cm³/mol. The fourth-order valence-corrected chi connectivity index (χ4v) is 13.5. The van der Waals surface area contributed by atoms with Crippen LogP contribution in [0.1, 0.15) is 0 Å². The third-order valence-corrected chi connectivity index (χ3v) is 16.5. The van der Waals surface area contributed by atoms with Crippen molar-refractivity contribution in [2.45, 2.75) is 0 Å². The molecule has 0 saturated heterocycles. The summed E-state index contributed by atoms with van der Waals surface area (Å²) in [5.41, 5.74) is 0. The monoisotopic (exact) mass is 928 g/mol. The third kappa shape index (κ3) is 13.1. The van der Waals surface area contributed by atoms with E-state index in [0.29, 0.717) is 0 Å². The van der Waals surface area contributed by atoms with Gasteiger partial charge in [-0.2, -0.15) is 0 Å². The average Bonchev–Trinajstić information content (AvgIpc) is 3.30. The van der Waals surface area contributed by atoms with Crippen LogP contribution in [0, 0.1) is 0 Å². The van der Waals surface area contributed by atoms with Crippen LogP contribution in [0.4, 0.5) is 0 Å². The summed E-state index contributed by atoms with van der Waals surface area (Å²) in [7, 11) is -1.34. The average molecular weight is 930 g/mol. The van der Waals surface area contributed by atoms with Crippen molar-refractivity contribution in [2.24, 2.45) is 0 Å². The minimum Gasteiger partial charge on any atom is -1.00 e. The molecule has 0 aliphatic carbocycles. The molecule has 9 aromatic carbocycles. The second-order valence-corrected chi connectivity index (χ2v) is 19.7. The Labute approximate surface area is 376 Å². The van der Waals surface area contributed by atoms with Crippen LogP contribution in [0.5, 0.6) is 0 Å². The molecule has 0 aliphatic rings. The maximum atomic E-state index is 2.23. The fraction of sp³-hybridized carbons (Fsp3) is 0. The molecular formula is C54H45AgClP3. The zero-order valence-corrected chi connectivity index (χ0v) is 37.4. The number of hydrogen-bond donors (Lipinski definition) is 0. The molecule has 0 nitrogen and oxygen atoms in total. The molecule has 0 saturated carbocycles. The Kier molecular flexibility index (Phi) is 19.3. The van der Waals surface area contributed by atoms with Crippen molar-refractivity contribution < 1.29 is 34.8 Å². The van der Waals surface area contributed by atoms with Crippen molar-refractivity contribution in [1.29, 1.82) is 0 Å². The standard InChI is InChI=1S/3C18H15P.Ag.ClH/c3*1-4-10-16(11-5-1)19(17-12-6-2-7-13-17)18-14-8-3-9-15-18;;/h3*1-15H;;1H/q;;;+1;/p-1. The molecule has 0 heterocycles. The summed E-state index contributed by atoms with van der Waals surface area (Å²) >= 11 is 0. The van der Waals surface area contributed by atoms with Gasteiger partial charge in [-0.15, -0.1) is 0 Å². The van der Waals surface area contributed by atoms with Gasteiger partial charge < -0.3 is 12.4 Å². The van der Waals surface area contributed by atoms with Gasteiger partial charge in [0.1, 0.15) is 0 Å². The van der Waals surface area contributed by atoms with Gasteiger partial charge >= 0.3 is 22.4 Å². The van der Waals surface area contributed by atoms with Crippen LogP contribution in [-0.4, -0.2) is 0 Å². The van der Waals surface area contributed by atoms with E-state index >= 15 is 0 Å². The second kappa shape index (κ2) is 25.0. The first-order valence-electron chi connectivity index (χ1n) is 19.2. The maximum Gasteiger partial charge on any atom is 1.00 e. The van der Waals surface area contributed by atoms with Crippen molar-refractivity contribution in [3.63, 3.8) is 0 Å². The van der Waals surface area contributed by atoms with Crippen LogP contribution >= 0.6 is 23.8 Å². The topological polar surface area (TPSA) is 0 Å². The SMILES string of the molecule is [Ag+].[Cl-].c1ccc(P(c2ccccc2)c2ccccc2)cc1.c1ccc(P(c2ccccc2)c2ccccc2)cc1.c1ccc(P(c2ccccc2)c2ccccc2)cc1. The molecule has 0 radical (unpaired) electrons. The molecule has 294 valence electrons. The van der Waals surface area contributed by atoms with Crippen LogP contribution in [0.15, 0.2) is 273 Å². The Morgan fingerprint density at radius 2 is 0.237 bits per heavy atom. The summed E-state index contributed by atoms with van der Waals surface area (Å²) in [5.74, 6) is 0. The van der Waals surface area contributed by atoms with Crippen molar-refractivity contribution in [3.05, 3.63) is 273 Å². The maximum absolute atomic E-state index is 2.23. The summed E-state index contributed by atoms with van der Waals surface area (Å²) in [4.78, 5) is 0. The van der Waals surface area contributed by atoms with Crippen LogP contribution in [0.3, 0.4) is 0 Å². The van der Waals surface area contributed by atoms with Crippen LogP contribution < -0.4 is 60.1 Å². The largest absolute Gasteiger partial charge is 1.00 e. The third-order valence-electron chi connectivity index (χ3n) is 9.13. The van der Waals surface area contributed by atoms with Gasteiger partial charge in [0.2, 0.25) is 0 Å². The summed E-state index contributed by atoms with van der Waals surface area (Å²) in [6, 6.07) is 97.0. The molecule has 0 amide bonds. The molecule has 5 heteroatoms. The van der Waals surface area contributed by atoms with Crippen molar-refractivity contribution >= 4 is 71.5 Å². The van der Waals surface area contributed by atoms with E-state index in [1.54, 1.807) is 0 Å². The Bertz CT molecular complexity index is 1870. The minimum absolute atomic E-state index is 0. The van der Waals surface area contributed by atoms with Gasteiger partial charge in [-0.25, -0.2) is 0 Å². The van der Waals surface area contributed by atoms with Crippen molar-refractivity contribution in [3.8, 4) is 0 Å². The van der Waals surface area contributed by atoms with Crippen molar-refractivity contribution in [1.82, 2.24) is 0 Å². The van der Waals surface area contributed by atoms with E-state index < -0.39 is 23.8 Å². The van der Waals surface area contributed by atoms with Gasteiger partial charge in [0.25, 0.3) is 0 Å². The smallest absolute Gasteiger partial charge is 1.00 e. The number of rotatable bonds is 9. The quantitative estimate of drug-likeness (QED) is 0.105. The first-order chi connectivity index (χ1) is 28.3. The van der Waals surface area contributed by atoms with E-state index in [9.17, 15) is 0 Å². The minimum atomic E-state index is -0.446. The van der Waals surface area contributed by atoms with E-state index in [1.165, 1.54) is 47.7 Å². The Hall–Kier alpha value is -4.70. The van der Waals surface area contributed by atoms with E-state index in [0.717, 1.165) is 0 Å². The van der Waals surface area contributed by atoms with Gasteiger partial charge in [0.15, 0.2) is 0 Å². The van der Waals surface area contributed by atoms with E-state index in [1.807, 2.05) is 0 Å². The van der Waals surface area contributed by atoms with E-state index in [4.69, 9.17) is 0 Å². The molecule has 0 atom stereocenters. The number of hydrogen-bond acceptors (Lipinski definition) is 0. The molecule has 9 rings (SSSR count). The molecule has 0 fully saturated rings. The Morgan fingerprint density at radius 1 is 0.153 bits per heavy atom. The normalized spacial score (nSPS) is 10.2. The Morgan fingerprint density at radius 3 is 0.322 bits per heavy atom. The van der Waals surface area contributed by atoms with Crippen LogP contribution in [0.2, 0.25) is 0 Å². The van der Waals surface area contributed by atoms with Gasteiger partial charge in [-0.1, -0.05) is 273 Å². The van der Waals surface area contributed by atoms with Gasteiger partial charge in [-0.3, -0.25) is 0 Å². The molecule has 9 aromatic rings. The van der Waals surface area contributed by atoms with Gasteiger partial charge in [0, 0.05) is 0 Å². The number of benzene rings is 9. The van der Waals surface area contributed by atoms with Gasteiger partial charge in [-0.05, 0) is 71.5 Å². The summed E-state index contributed by atoms with van der Waals surface area (Å²) in [6.45, 7) is 0.